The number of phenols is 1. The van der Waals surface area contributed by atoms with Crippen molar-refractivity contribution in [3.05, 3.63) is 48.3 Å². The Hall–Kier alpha value is -2.24. The third kappa shape index (κ3) is 3.96. The van der Waals surface area contributed by atoms with E-state index in [0.717, 1.165) is 24.8 Å². The Bertz CT molecular complexity index is 1020. The van der Waals surface area contributed by atoms with Crippen LogP contribution >= 0.6 is 27.3 Å². The van der Waals surface area contributed by atoms with Crippen LogP contribution in [0.1, 0.15) is 48.8 Å². The number of thiophene rings is 1. The molecule has 0 saturated carbocycles. The summed E-state index contributed by atoms with van der Waals surface area (Å²) in [5, 5.41) is 31.5. The second-order valence-electron chi connectivity index (χ2n) is 7.98. The molecule has 3 rings (SSSR count). The molecule has 1 aliphatic rings. The summed E-state index contributed by atoms with van der Waals surface area (Å²) < 4.78 is 0.224. The maximum atomic E-state index is 11.1. The Kier molecular flexibility index (Phi) is 5.60. The van der Waals surface area contributed by atoms with Gasteiger partial charge in [-0.2, -0.15) is 5.26 Å². The molecule has 0 fully saturated rings. The fraction of sp³-hybridized carbons (Fsp3) is 0.400. The van der Waals surface area contributed by atoms with E-state index in [1.165, 1.54) is 34.6 Å². The van der Waals surface area contributed by atoms with Crippen molar-refractivity contribution in [1.82, 2.24) is 0 Å². The van der Waals surface area contributed by atoms with Crippen molar-refractivity contribution in [3.63, 3.8) is 0 Å². The number of non-ortho nitro benzene ring substituents is 1. The van der Waals surface area contributed by atoms with Crippen LogP contribution in [0, 0.1) is 32.8 Å². The zero-order valence-electron chi connectivity index (χ0n) is 15.8. The first-order chi connectivity index (χ1) is 13.1. The molecule has 1 aliphatic carbocycles. The number of benzene rings is 1. The van der Waals surface area contributed by atoms with Gasteiger partial charge in [0.25, 0.3) is 5.69 Å². The van der Waals surface area contributed by atoms with E-state index < -0.39 is 4.92 Å². The molecule has 1 N–H and O–H groups in total. The number of phenolic OH excluding ortho intramolecular Hbond substituents is 1. The zero-order chi connectivity index (χ0) is 20.6. The molecule has 8 heteroatoms. The molecule has 6 nitrogen and oxygen atoms in total. The lowest BCUT2D eigenvalue weighted by Crippen LogP contribution is -2.26. The van der Waals surface area contributed by atoms with Crippen molar-refractivity contribution in [3.8, 4) is 11.8 Å². The molecule has 1 heterocycles. The van der Waals surface area contributed by atoms with Crippen molar-refractivity contribution in [2.45, 2.75) is 40.0 Å². The minimum Gasteiger partial charge on any atom is -0.506 e. The van der Waals surface area contributed by atoms with Crippen LogP contribution in [-0.2, 0) is 12.8 Å². The summed E-state index contributed by atoms with van der Waals surface area (Å²) in [5.74, 6) is 0.431. The van der Waals surface area contributed by atoms with Crippen LogP contribution in [0.2, 0.25) is 0 Å². The summed E-state index contributed by atoms with van der Waals surface area (Å²) in [6.45, 7) is 6.72. The van der Waals surface area contributed by atoms with Gasteiger partial charge in [-0.05, 0) is 52.1 Å². The number of rotatable bonds is 3. The van der Waals surface area contributed by atoms with Gasteiger partial charge in [0, 0.05) is 28.8 Å². The van der Waals surface area contributed by atoms with Crippen LogP contribution in [0.5, 0.6) is 5.75 Å². The summed E-state index contributed by atoms with van der Waals surface area (Å²) in [4.78, 5) is 16.1. The molecule has 0 bridgehead atoms. The van der Waals surface area contributed by atoms with E-state index in [2.05, 4.69) is 47.8 Å². The fourth-order valence-electron chi connectivity index (χ4n) is 3.45. The molecule has 0 amide bonds. The molecule has 146 valence electrons. The third-order valence-electron chi connectivity index (χ3n) is 5.19. The Balaban J connectivity index is 1.98. The average Bonchev–Trinajstić information content (AvgIpc) is 2.98. The van der Waals surface area contributed by atoms with Gasteiger partial charge in [0.15, 0.2) is 0 Å². The van der Waals surface area contributed by atoms with Crippen LogP contribution < -0.4 is 0 Å². The van der Waals surface area contributed by atoms with E-state index in [1.54, 1.807) is 0 Å². The SMILES string of the molecule is CC(C)(C)[C@@H]1CCc2c(sc(N=Cc3cc([N+](=O)[O-])cc(Br)c3O)c2C#N)C1. The molecular formula is C20H20BrN3O3S. The van der Waals surface area contributed by atoms with Crippen LogP contribution in [-0.4, -0.2) is 16.2 Å². The Morgan fingerprint density at radius 3 is 2.79 bits per heavy atom. The largest absolute Gasteiger partial charge is 0.506 e. The predicted molar refractivity (Wildman–Crippen MR) is 114 cm³/mol. The van der Waals surface area contributed by atoms with E-state index >= 15 is 0 Å². The average molecular weight is 462 g/mol. The smallest absolute Gasteiger partial charge is 0.271 e. The normalized spacial score (nSPS) is 16.8. The van der Waals surface area contributed by atoms with Crippen LogP contribution in [0.4, 0.5) is 10.7 Å². The second-order valence-corrected chi connectivity index (χ2v) is 9.92. The minimum atomic E-state index is -0.529. The number of nitro groups is 1. The van der Waals surface area contributed by atoms with Crippen molar-refractivity contribution < 1.29 is 10.0 Å². The van der Waals surface area contributed by atoms with Crippen LogP contribution in [0.3, 0.4) is 0 Å². The van der Waals surface area contributed by atoms with Crippen molar-refractivity contribution in [1.29, 1.82) is 5.26 Å². The summed E-state index contributed by atoms with van der Waals surface area (Å²) >= 11 is 4.62. The van der Waals surface area contributed by atoms with E-state index in [9.17, 15) is 20.5 Å². The van der Waals surface area contributed by atoms with Gasteiger partial charge in [-0.3, -0.25) is 10.1 Å². The molecule has 28 heavy (non-hydrogen) atoms. The highest BCUT2D eigenvalue weighted by Crippen LogP contribution is 2.45. The van der Waals surface area contributed by atoms with Gasteiger partial charge in [0.2, 0.25) is 0 Å². The number of hydrogen-bond donors (Lipinski definition) is 1. The summed E-state index contributed by atoms with van der Waals surface area (Å²) in [6.07, 6.45) is 4.22. The lowest BCUT2D eigenvalue weighted by molar-refractivity contribution is -0.385. The highest BCUT2D eigenvalue weighted by atomic mass is 79.9. The van der Waals surface area contributed by atoms with Gasteiger partial charge < -0.3 is 5.11 Å². The lowest BCUT2D eigenvalue weighted by Gasteiger charge is -2.33. The first-order valence-corrected chi connectivity index (χ1v) is 10.5. The first kappa shape index (κ1) is 20.5. The second kappa shape index (κ2) is 7.64. The van der Waals surface area contributed by atoms with Crippen LogP contribution in [0.15, 0.2) is 21.6 Å². The van der Waals surface area contributed by atoms with Gasteiger partial charge in [0.1, 0.15) is 16.8 Å². The molecule has 1 aromatic heterocycles. The monoisotopic (exact) mass is 461 g/mol. The Morgan fingerprint density at radius 2 is 2.18 bits per heavy atom. The van der Waals surface area contributed by atoms with E-state index in [0.29, 0.717) is 16.5 Å². The molecule has 0 spiro atoms. The third-order valence-corrected chi connectivity index (χ3v) is 6.96. The number of fused-ring (bicyclic) bond motifs is 1. The molecule has 0 saturated heterocycles. The minimum absolute atomic E-state index is 0.123. The van der Waals surface area contributed by atoms with Crippen molar-refractivity contribution >= 4 is 44.2 Å². The standard InChI is InChI=1S/C20H20BrN3O3S/c1-20(2,3)12-4-5-14-15(9-22)19(28-17(14)7-12)23-10-11-6-13(24(26)27)8-16(21)18(11)25/h6,8,10,12,25H,4-5,7H2,1-3H3/t12-/m1/s1. The topological polar surface area (TPSA) is 99.5 Å². The summed E-state index contributed by atoms with van der Waals surface area (Å²) in [5.41, 5.74) is 1.94. The number of nitro benzene ring substituents is 1. The number of aromatic hydroxyl groups is 1. The molecule has 0 radical (unpaired) electrons. The molecule has 1 atom stereocenters. The highest BCUT2D eigenvalue weighted by molar-refractivity contribution is 9.10. The van der Waals surface area contributed by atoms with Gasteiger partial charge in [-0.15, -0.1) is 11.3 Å². The molecule has 0 unspecified atom stereocenters. The van der Waals surface area contributed by atoms with E-state index in [-0.39, 0.29) is 26.9 Å². The van der Waals surface area contributed by atoms with E-state index in [4.69, 9.17) is 0 Å². The van der Waals surface area contributed by atoms with Gasteiger partial charge in [-0.1, -0.05) is 20.8 Å². The number of halogens is 1. The fourth-order valence-corrected chi connectivity index (χ4v) is 5.14. The maximum Gasteiger partial charge on any atom is 0.271 e. The Morgan fingerprint density at radius 1 is 1.46 bits per heavy atom. The molecule has 0 aliphatic heterocycles. The maximum absolute atomic E-state index is 11.1. The van der Waals surface area contributed by atoms with Gasteiger partial charge in [-0.25, -0.2) is 4.99 Å². The quantitative estimate of drug-likeness (QED) is 0.349. The number of aliphatic imine (C=N–C) groups is 1. The number of nitrogens with zero attached hydrogens (tertiary/aromatic N) is 3. The highest BCUT2D eigenvalue weighted by Gasteiger charge is 2.32. The lowest BCUT2D eigenvalue weighted by atomic mass is 9.72. The van der Waals surface area contributed by atoms with Crippen LogP contribution in [0.25, 0.3) is 0 Å². The Labute approximate surface area is 175 Å². The first-order valence-electron chi connectivity index (χ1n) is 8.87. The summed E-state index contributed by atoms with van der Waals surface area (Å²) in [7, 11) is 0. The predicted octanol–water partition coefficient (Wildman–Crippen LogP) is 5.90. The van der Waals surface area contributed by atoms with Crippen molar-refractivity contribution in [2.24, 2.45) is 16.3 Å². The molecular weight excluding hydrogens is 442 g/mol. The van der Waals surface area contributed by atoms with E-state index in [1.807, 2.05) is 0 Å². The summed E-state index contributed by atoms with van der Waals surface area (Å²) in [6, 6.07) is 4.77. The molecule has 1 aromatic carbocycles. The number of nitriles is 1. The molecule has 2 aromatic rings. The van der Waals surface area contributed by atoms with Gasteiger partial charge in [0.05, 0.1) is 15.0 Å². The number of hydrogen-bond acceptors (Lipinski definition) is 6. The van der Waals surface area contributed by atoms with Gasteiger partial charge >= 0.3 is 0 Å². The van der Waals surface area contributed by atoms with Crippen molar-refractivity contribution in [2.75, 3.05) is 0 Å². The zero-order valence-corrected chi connectivity index (χ0v) is 18.2.